The van der Waals surface area contributed by atoms with Crippen LogP contribution in [0.4, 0.5) is 5.69 Å². The van der Waals surface area contributed by atoms with Gasteiger partial charge in [-0.25, -0.2) is 0 Å². The number of fused-ring (bicyclic) bond motifs is 1. The van der Waals surface area contributed by atoms with E-state index in [1.165, 1.54) is 27.1 Å². The maximum atomic E-state index is 13.2. The minimum absolute atomic E-state index is 0.0598. The number of carbonyl (C=O) groups excluding carboxylic acids is 1. The van der Waals surface area contributed by atoms with Crippen LogP contribution in [0.15, 0.2) is 89.9 Å². The molecule has 0 aliphatic carbocycles. The fourth-order valence-electron chi connectivity index (χ4n) is 4.28. The molecular formula is C27H25N3O3. The molecule has 2 heterocycles. The lowest BCUT2D eigenvalue weighted by molar-refractivity contribution is 0.0746. The summed E-state index contributed by atoms with van der Waals surface area (Å²) in [5.74, 6) is 0.652. The Hall–Kier alpha value is -4.06. The molecule has 4 aromatic rings. The quantitative estimate of drug-likeness (QED) is 0.483. The third-order valence-electron chi connectivity index (χ3n) is 6.17. The van der Waals surface area contributed by atoms with Crippen molar-refractivity contribution in [3.63, 3.8) is 0 Å². The summed E-state index contributed by atoms with van der Waals surface area (Å²) in [6.07, 6.45) is 1.63. The summed E-state index contributed by atoms with van der Waals surface area (Å²) in [6.45, 7) is 2.80. The van der Waals surface area contributed by atoms with Gasteiger partial charge in [-0.1, -0.05) is 30.3 Å². The van der Waals surface area contributed by atoms with Crippen LogP contribution in [0, 0.1) is 0 Å². The zero-order chi connectivity index (χ0) is 22.8. The van der Waals surface area contributed by atoms with E-state index in [1.807, 2.05) is 17.0 Å². The number of ether oxygens (including phenoxy) is 1. The van der Waals surface area contributed by atoms with Gasteiger partial charge >= 0.3 is 0 Å². The number of nitrogens with zero attached hydrogens (tertiary/aromatic N) is 3. The molecular weight excluding hydrogens is 414 g/mol. The van der Waals surface area contributed by atoms with Gasteiger partial charge in [-0.05, 0) is 53.2 Å². The zero-order valence-corrected chi connectivity index (χ0v) is 18.5. The van der Waals surface area contributed by atoms with Crippen molar-refractivity contribution in [3.05, 3.63) is 101 Å². The summed E-state index contributed by atoms with van der Waals surface area (Å²) in [6, 6.07) is 25.1. The molecule has 3 aromatic carbocycles. The average Bonchev–Trinajstić information content (AvgIpc) is 2.88. The average molecular weight is 440 g/mol. The van der Waals surface area contributed by atoms with Crippen molar-refractivity contribution in [1.29, 1.82) is 0 Å². The molecule has 1 fully saturated rings. The largest absolute Gasteiger partial charge is 0.497 e. The zero-order valence-electron chi connectivity index (χ0n) is 18.5. The molecule has 0 unspecified atom stereocenters. The van der Waals surface area contributed by atoms with Crippen LogP contribution in [0.1, 0.15) is 10.4 Å². The molecule has 0 saturated carbocycles. The number of piperazine rings is 1. The molecule has 0 atom stereocenters. The van der Waals surface area contributed by atoms with Crippen molar-refractivity contribution in [1.82, 2.24) is 9.47 Å². The minimum Gasteiger partial charge on any atom is -0.497 e. The Kier molecular flexibility index (Phi) is 5.57. The summed E-state index contributed by atoms with van der Waals surface area (Å²) in [5, 5.41) is 2.44. The van der Waals surface area contributed by atoms with E-state index in [2.05, 4.69) is 35.2 Å². The second-order valence-electron chi connectivity index (χ2n) is 8.13. The highest BCUT2D eigenvalue weighted by Gasteiger charge is 2.23. The third-order valence-corrected chi connectivity index (χ3v) is 6.17. The molecule has 6 heteroatoms. The number of anilines is 1. The van der Waals surface area contributed by atoms with Crippen LogP contribution < -0.4 is 15.2 Å². The fraction of sp³-hybridized carbons (Fsp3) is 0.185. The van der Waals surface area contributed by atoms with Crippen LogP contribution in [0.25, 0.3) is 16.5 Å². The van der Waals surface area contributed by atoms with E-state index < -0.39 is 0 Å². The summed E-state index contributed by atoms with van der Waals surface area (Å²) >= 11 is 0. The predicted molar refractivity (Wildman–Crippen MR) is 131 cm³/mol. The van der Waals surface area contributed by atoms with Gasteiger partial charge in [-0.2, -0.15) is 0 Å². The van der Waals surface area contributed by atoms with Gasteiger partial charge in [-0.15, -0.1) is 0 Å². The molecule has 0 N–H and O–H groups in total. The van der Waals surface area contributed by atoms with Crippen molar-refractivity contribution in [2.45, 2.75) is 0 Å². The molecule has 6 nitrogen and oxygen atoms in total. The van der Waals surface area contributed by atoms with Gasteiger partial charge in [0.15, 0.2) is 0 Å². The second kappa shape index (κ2) is 8.82. The summed E-state index contributed by atoms with van der Waals surface area (Å²) in [5.41, 5.74) is 2.19. The van der Waals surface area contributed by atoms with Gasteiger partial charge in [0.05, 0.1) is 12.7 Å². The highest BCUT2D eigenvalue weighted by molar-refractivity contribution is 5.94. The maximum absolute atomic E-state index is 13.2. The topological polar surface area (TPSA) is 54.8 Å². The number of hydrogen-bond acceptors (Lipinski definition) is 4. The Balaban J connectivity index is 1.30. The first-order valence-corrected chi connectivity index (χ1v) is 11.0. The molecule has 1 aromatic heterocycles. The van der Waals surface area contributed by atoms with Gasteiger partial charge in [0.1, 0.15) is 5.75 Å². The monoisotopic (exact) mass is 439 g/mol. The molecule has 1 aliphatic heterocycles. The number of pyridine rings is 1. The molecule has 1 aliphatic rings. The number of carbonyl (C=O) groups is 1. The third kappa shape index (κ3) is 4.20. The molecule has 33 heavy (non-hydrogen) atoms. The Morgan fingerprint density at radius 2 is 1.48 bits per heavy atom. The van der Waals surface area contributed by atoms with E-state index in [0.717, 1.165) is 13.1 Å². The highest BCUT2D eigenvalue weighted by atomic mass is 16.5. The Morgan fingerprint density at radius 3 is 2.21 bits per heavy atom. The van der Waals surface area contributed by atoms with Crippen LogP contribution in [0.5, 0.6) is 5.75 Å². The van der Waals surface area contributed by atoms with E-state index >= 15 is 0 Å². The number of benzene rings is 3. The number of hydrogen-bond donors (Lipinski definition) is 0. The van der Waals surface area contributed by atoms with E-state index in [0.29, 0.717) is 30.1 Å². The first kappa shape index (κ1) is 20.8. The molecule has 1 amide bonds. The van der Waals surface area contributed by atoms with Crippen LogP contribution in [-0.4, -0.2) is 48.7 Å². The Morgan fingerprint density at radius 1 is 0.788 bits per heavy atom. The van der Waals surface area contributed by atoms with E-state index in [9.17, 15) is 9.59 Å². The molecule has 0 radical (unpaired) electrons. The first-order valence-electron chi connectivity index (χ1n) is 11.0. The lowest BCUT2D eigenvalue weighted by Gasteiger charge is -2.36. The predicted octanol–water partition coefficient (Wildman–Crippen LogP) is 3.96. The molecule has 166 valence electrons. The van der Waals surface area contributed by atoms with Crippen molar-refractivity contribution in [2.24, 2.45) is 0 Å². The SMILES string of the molecule is COc1ccc(-n2cc(C(=O)N3CCN(c4ccc5ccccc5c4)CC3)ccc2=O)cc1. The molecule has 5 rings (SSSR count). The Bertz CT molecular complexity index is 1350. The first-order chi connectivity index (χ1) is 16.1. The highest BCUT2D eigenvalue weighted by Crippen LogP contribution is 2.23. The second-order valence-corrected chi connectivity index (χ2v) is 8.13. The summed E-state index contributed by atoms with van der Waals surface area (Å²) in [4.78, 5) is 29.8. The summed E-state index contributed by atoms with van der Waals surface area (Å²) in [7, 11) is 1.60. The normalized spacial score (nSPS) is 13.8. The van der Waals surface area contributed by atoms with Crippen LogP contribution in [0.3, 0.4) is 0 Å². The van der Waals surface area contributed by atoms with Crippen molar-refractivity contribution in [3.8, 4) is 11.4 Å². The molecule has 1 saturated heterocycles. The molecule has 0 spiro atoms. The van der Waals surface area contributed by atoms with Gasteiger partial charge in [0, 0.05) is 49.8 Å². The van der Waals surface area contributed by atoms with Crippen molar-refractivity contribution in [2.75, 3.05) is 38.2 Å². The van der Waals surface area contributed by atoms with Gasteiger partial charge in [-0.3, -0.25) is 14.2 Å². The van der Waals surface area contributed by atoms with Crippen LogP contribution in [-0.2, 0) is 0 Å². The lowest BCUT2D eigenvalue weighted by Crippen LogP contribution is -2.49. The van der Waals surface area contributed by atoms with Gasteiger partial charge in [0.25, 0.3) is 11.5 Å². The van der Waals surface area contributed by atoms with Gasteiger partial charge in [0.2, 0.25) is 0 Å². The Labute approximate surface area is 192 Å². The number of methoxy groups -OCH3 is 1. The van der Waals surface area contributed by atoms with E-state index in [-0.39, 0.29) is 11.5 Å². The van der Waals surface area contributed by atoms with Gasteiger partial charge < -0.3 is 14.5 Å². The van der Waals surface area contributed by atoms with E-state index in [1.54, 1.807) is 43.6 Å². The number of amides is 1. The smallest absolute Gasteiger partial charge is 0.255 e. The maximum Gasteiger partial charge on any atom is 0.255 e. The molecule has 0 bridgehead atoms. The number of aromatic nitrogens is 1. The lowest BCUT2D eigenvalue weighted by atomic mass is 10.1. The van der Waals surface area contributed by atoms with Crippen molar-refractivity contribution < 1.29 is 9.53 Å². The van der Waals surface area contributed by atoms with E-state index in [4.69, 9.17) is 4.74 Å². The van der Waals surface area contributed by atoms with Crippen molar-refractivity contribution >= 4 is 22.4 Å². The van der Waals surface area contributed by atoms with Crippen LogP contribution in [0.2, 0.25) is 0 Å². The fourth-order valence-corrected chi connectivity index (χ4v) is 4.28. The van der Waals surface area contributed by atoms with Crippen LogP contribution >= 0.6 is 0 Å². The number of rotatable bonds is 4. The summed E-state index contributed by atoms with van der Waals surface area (Å²) < 4.78 is 6.68. The standard InChI is InChI=1S/C27H25N3O3/c1-33-25-11-9-23(10-12-25)30-19-22(7-13-26(30)31)27(32)29-16-14-28(15-17-29)24-8-6-20-4-2-3-5-21(20)18-24/h2-13,18-19H,14-17H2,1H3. The minimum atomic E-state index is -0.183.